The maximum atomic E-state index is 12.2. The number of nitrogens with zero attached hydrogens (tertiary/aromatic N) is 2. The summed E-state index contributed by atoms with van der Waals surface area (Å²) in [4.78, 5) is 17.5. The standard InChI is InChI=1S/C14H23N3OS/c1-11-7-17(8-12(2)15-11)10-14(18)16(3)9-13-5-4-6-19-13/h4-6,11-12,15H,7-10H2,1-3H3. The highest BCUT2D eigenvalue weighted by molar-refractivity contribution is 7.09. The van der Waals surface area contributed by atoms with E-state index in [9.17, 15) is 4.79 Å². The van der Waals surface area contributed by atoms with E-state index in [0.29, 0.717) is 25.2 Å². The van der Waals surface area contributed by atoms with Gasteiger partial charge in [0.1, 0.15) is 0 Å². The van der Waals surface area contributed by atoms with Crippen molar-refractivity contribution in [3.63, 3.8) is 0 Å². The molecule has 0 saturated carbocycles. The molecule has 1 aliphatic heterocycles. The number of nitrogens with one attached hydrogen (secondary N) is 1. The number of hydrogen-bond acceptors (Lipinski definition) is 4. The topological polar surface area (TPSA) is 35.6 Å². The summed E-state index contributed by atoms with van der Waals surface area (Å²) >= 11 is 1.70. The molecule has 1 aromatic rings. The quantitative estimate of drug-likeness (QED) is 0.906. The Balaban J connectivity index is 1.82. The van der Waals surface area contributed by atoms with Gasteiger partial charge in [0.25, 0.3) is 0 Å². The third kappa shape index (κ3) is 4.30. The van der Waals surface area contributed by atoms with Gasteiger partial charge >= 0.3 is 0 Å². The second kappa shape index (κ2) is 6.50. The highest BCUT2D eigenvalue weighted by Crippen LogP contribution is 2.11. The van der Waals surface area contributed by atoms with Gasteiger partial charge in [-0.15, -0.1) is 11.3 Å². The molecule has 0 bridgehead atoms. The van der Waals surface area contributed by atoms with Crippen molar-refractivity contribution >= 4 is 17.2 Å². The zero-order valence-electron chi connectivity index (χ0n) is 11.9. The minimum absolute atomic E-state index is 0.203. The van der Waals surface area contributed by atoms with Crippen LogP contribution in [0, 0.1) is 0 Å². The van der Waals surface area contributed by atoms with Gasteiger partial charge in [0, 0.05) is 37.1 Å². The van der Waals surface area contributed by atoms with Crippen molar-refractivity contribution in [2.45, 2.75) is 32.5 Å². The van der Waals surface area contributed by atoms with Gasteiger partial charge in [0.05, 0.1) is 13.1 Å². The van der Waals surface area contributed by atoms with Crippen molar-refractivity contribution < 1.29 is 4.79 Å². The first-order chi connectivity index (χ1) is 9.04. The van der Waals surface area contributed by atoms with Crippen molar-refractivity contribution in [2.24, 2.45) is 0 Å². The Hall–Kier alpha value is -0.910. The van der Waals surface area contributed by atoms with E-state index in [0.717, 1.165) is 13.1 Å². The third-order valence-corrected chi connectivity index (χ3v) is 4.25. The van der Waals surface area contributed by atoms with Gasteiger partial charge in [-0.05, 0) is 25.3 Å². The van der Waals surface area contributed by atoms with Gasteiger partial charge in [-0.3, -0.25) is 9.69 Å². The SMILES string of the molecule is CC1CN(CC(=O)N(C)Cc2cccs2)CC(C)N1. The molecule has 2 unspecified atom stereocenters. The molecular formula is C14H23N3OS. The average Bonchev–Trinajstić information content (AvgIpc) is 2.80. The van der Waals surface area contributed by atoms with Crippen LogP contribution in [0.1, 0.15) is 18.7 Å². The zero-order valence-corrected chi connectivity index (χ0v) is 12.7. The molecule has 1 fully saturated rings. The summed E-state index contributed by atoms with van der Waals surface area (Å²) in [6.07, 6.45) is 0. The first kappa shape index (κ1) is 14.5. The maximum Gasteiger partial charge on any atom is 0.236 e. The first-order valence-corrected chi connectivity index (χ1v) is 7.67. The van der Waals surface area contributed by atoms with Crippen LogP contribution in [0.3, 0.4) is 0 Å². The van der Waals surface area contributed by atoms with E-state index < -0.39 is 0 Å². The molecule has 5 heteroatoms. The average molecular weight is 281 g/mol. The van der Waals surface area contributed by atoms with Crippen LogP contribution in [0.2, 0.25) is 0 Å². The van der Waals surface area contributed by atoms with E-state index in [2.05, 4.69) is 30.1 Å². The molecule has 0 radical (unpaired) electrons. The van der Waals surface area contributed by atoms with Crippen LogP contribution in [-0.2, 0) is 11.3 Å². The molecule has 1 aromatic heterocycles. The molecule has 1 amide bonds. The number of likely N-dealkylation sites (N-methyl/N-ethyl adjacent to an activating group) is 1. The number of thiophene rings is 1. The molecular weight excluding hydrogens is 258 g/mol. The van der Waals surface area contributed by atoms with E-state index in [4.69, 9.17) is 0 Å². The molecule has 0 aliphatic carbocycles. The Bertz CT molecular complexity index is 397. The normalized spacial score (nSPS) is 24.4. The van der Waals surface area contributed by atoms with E-state index in [1.807, 2.05) is 23.4 Å². The van der Waals surface area contributed by atoms with E-state index in [1.165, 1.54) is 4.88 Å². The second-order valence-corrected chi connectivity index (χ2v) is 6.52. The summed E-state index contributed by atoms with van der Waals surface area (Å²) in [6.45, 7) is 7.47. The lowest BCUT2D eigenvalue weighted by Gasteiger charge is -2.36. The predicted octanol–water partition coefficient (Wildman–Crippen LogP) is 1.39. The van der Waals surface area contributed by atoms with Gasteiger partial charge in [0.2, 0.25) is 5.91 Å². The number of amides is 1. The van der Waals surface area contributed by atoms with Crippen LogP contribution in [-0.4, -0.2) is 54.5 Å². The molecule has 19 heavy (non-hydrogen) atoms. The lowest BCUT2D eigenvalue weighted by Crippen LogP contribution is -2.56. The highest BCUT2D eigenvalue weighted by Gasteiger charge is 2.23. The van der Waals surface area contributed by atoms with Crippen molar-refractivity contribution in [3.8, 4) is 0 Å². The van der Waals surface area contributed by atoms with Crippen LogP contribution in [0.4, 0.5) is 0 Å². The van der Waals surface area contributed by atoms with E-state index >= 15 is 0 Å². The van der Waals surface area contributed by atoms with Gasteiger partial charge < -0.3 is 10.2 Å². The van der Waals surface area contributed by atoms with Gasteiger partial charge in [-0.25, -0.2) is 0 Å². The van der Waals surface area contributed by atoms with Gasteiger partial charge in [0.15, 0.2) is 0 Å². The third-order valence-electron chi connectivity index (χ3n) is 3.39. The minimum Gasteiger partial charge on any atom is -0.340 e. The summed E-state index contributed by atoms with van der Waals surface area (Å²) in [5, 5.41) is 5.53. The highest BCUT2D eigenvalue weighted by atomic mass is 32.1. The molecule has 2 heterocycles. The summed E-state index contributed by atoms with van der Waals surface area (Å²) in [7, 11) is 1.89. The van der Waals surface area contributed by atoms with Crippen molar-refractivity contribution in [1.82, 2.24) is 15.1 Å². The summed E-state index contributed by atoms with van der Waals surface area (Å²) in [5.41, 5.74) is 0. The Morgan fingerprint density at radius 2 is 2.16 bits per heavy atom. The molecule has 2 atom stereocenters. The molecule has 4 nitrogen and oxygen atoms in total. The monoisotopic (exact) mass is 281 g/mol. The molecule has 1 saturated heterocycles. The Kier molecular flexibility index (Phi) is 4.96. The van der Waals surface area contributed by atoms with Crippen LogP contribution in [0.25, 0.3) is 0 Å². The first-order valence-electron chi connectivity index (χ1n) is 6.79. The van der Waals surface area contributed by atoms with Crippen molar-refractivity contribution in [1.29, 1.82) is 0 Å². The number of carbonyl (C=O) groups excluding carboxylic acids is 1. The van der Waals surface area contributed by atoms with Crippen LogP contribution < -0.4 is 5.32 Å². The number of hydrogen-bond donors (Lipinski definition) is 1. The Morgan fingerprint density at radius 1 is 1.47 bits per heavy atom. The summed E-state index contributed by atoms with van der Waals surface area (Å²) in [5.74, 6) is 0.203. The van der Waals surface area contributed by atoms with Gasteiger partial charge in [-0.1, -0.05) is 6.07 Å². The lowest BCUT2D eigenvalue weighted by molar-refractivity contribution is -0.132. The smallest absolute Gasteiger partial charge is 0.236 e. The fraction of sp³-hybridized carbons (Fsp3) is 0.643. The summed E-state index contributed by atoms with van der Waals surface area (Å²) in [6, 6.07) is 5.01. The second-order valence-electron chi connectivity index (χ2n) is 5.49. The van der Waals surface area contributed by atoms with Crippen molar-refractivity contribution in [2.75, 3.05) is 26.7 Å². The predicted molar refractivity (Wildman–Crippen MR) is 79.3 cm³/mol. The Labute approximate surface area is 119 Å². The summed E-state index contributed by atoms with van der Waals surface area (Å²) < 4.78 is 0. The number of rotatable bonds is 4. The lowest BCUT2D eigenvalue weighted by atomic mass is 10.1. The Morgan fingerprint density at radius 3 is 2.74 bits per heavy atom. The maximum absolute atomic E-state index is 12.2. The number of piperazine rings is 1. The largest absolute Gasteiger partial charge is 0.340 e. The van der Waals surface area contributed by atoms with Crippen LogP contribution >= 0.6 is 11.3 Å². The minimum atomic E-state index is 0.203. The van der Waals surface area contributed by atoms with Crippen LogP contribution in [0.5, 0.6) is 0 Å². The fourth-order valence-corrected chi connectivity index (χ4v) is 3.36. The van der Waals surface area contributed by atoms with Gasteiger partial charge in [-0.2, -0.15) is 0 Å². The molecule has 2 rings (SSSR count). The molecule has 106 valence electrons. The van der Waals surface area contributed by atoms with Crippen molar-refractivity contribution in [3.05, 3.63) is 22.4 Å². The molecule has 1 aliphatic rings. The van der Waals surface area contributed by atoms with Crippen LogP contribution in [0.15, 0.2) is 17.5 Å². The number of carbonyl (C=O) groups is 1. The molecule has 1 N–H and O–H groups in total. The van der Waals surface area contributed by atoms with E-state index in [1.54, 1.807) is 11.3 Å². The fourth-order valence-electron chi connectivity index (χ4n) is 2.61. The molecule has 0 aromatic carbocycles. The molecule has 0 spiro atoms. The zero-order chi connectivity index (χ0) is 13.8. The van der Waals surface area contributed by atoms with E-state index in [-0.39, 0.29) is 5.91 Å².